The van der Waals surface area contributed by atoms with Gasteiger partial charge in [0.15, 0.2) is 23.0 Å². The molecule has 3 N–H and O–H groups in total. The summed E-state index contributed by atoms with van der Waals surface area (Å²) in [4.78, 5) is 12.9. The van der Waals surface area contributed by atoms with Gasteiger partial charge in [0, 0.05) is 24.5 Å². The number of phenolic OH excluding ortho intramolecular Hbond substituents is 2. The molecule has 2 aromatic heterocycles. The fourth-order valence-corrected chi connectivity index (χ4v) is 2.86. The number of fused-ring (bicyclic) bond motifs is 1. The molecule has 0 radical (unpaired) electrons. The number of nitrogens with one attached hydrogen (secondary N) is 1. The summed E-state index contributed by atoms with van der Waals surface area (Å²) in [5.41, 5.74) is 1.96. The van der Waals surface area contributed by atoms with Crippen molar-refractivity contribution in [3.63, 3.8) is 0 Å². The molecule has 1 aromatic carbocycles. The van der Waals surface area contributed by atoms with Crippen molar-refractivity contribution >= 4 is 28.6 Å². The van der Waals surface area contributed by atoms with Crippen molar-refractivity contribution in [1.29, 1.82) is 0 Å². The summed E-state index contributed by atoms with van der Waals surface area (Å²) in [6, 6.07) is 3.08. The van der Waals surface area contributed by atoms with E-state index in [2.05, 4.69) is 20.3 Å². The quantitative estimate of drug-likeness (QED) is 0.409. The third-order valence-corrected chi connectivity index (χ3v) is 4.30. The highest BCUT2D eigenvalue weighted by Gasteiger charge is 2.14. The lowest BCUT2D eigenvalue weighted by Crippen LogP contribution is -2.04. The number of phenols is 2. The average molecular weight is 378 g/mol. The monoisotopic (exact) mass is 377 g/mol. The van der Waals surface area contributed by atoms with Gasteiger partial charge in [-0.2, -0.15) is 0 Å². The third-order valence-electron chi connectivity index (χ3n) is 4.03. The SMILES string of the molecule is COc1c(O)ccc(CNc2ncnc3c2ncn3CCCCCl)c1O. The number of rotatable bonds is 8. The zero-order valence-corrected chi connectivity index (χ0v) is 15.1. The number of unbranched alkanes of at least 4 members (excludes halogenated alkanes) is 1. The van der Waals surface area contributed by atoms with Crippen molar-refractivity contribution in [2.24, 2.45) is 0 Å². The second-order valence-electron chi connectivity index (χ2n) is 5.71. The molecule has 2 heterocycles. The second-order valence-corrected chi connectivity index (χ2v) is 6.09. The van der Waals surface area contributed by atoms with E-state index in [0.717, 1.165) is 25.0 Å². The molecule has 0 saturated heterocycles. The van der Waals surface area contributed by atoms with Gasteiger partial charge in [-0.1, -0.05) is 0 Å². The minimum atomic E-state index is -0.117. The lowest BCUT2D eigenvalue weighted by Gasteiger charge is -2.11. The first kappa shape index (κ1) is 18.1. The average Bonchev–Trinajstić information content (AvgIpc) is 3.06. The third kappa shape index (κ3) is 3.60. The van der Waals surface area contributed by atoms with E-state index in [0.29, 0.717) is 22.8 Å². The number of aromatic nitrogens is 4. The first-order valence-corrected chi connectivity index (χ1v) is 8.72. The number of aromatic hydroxyl groups is 2. The largest absolute Gasteiger partial charge is 0.504 e. The summed E-state index contributed by atoms with van der Waals surface area (Å²) < 4.78 is 6.98. The van der Waals surface area contributed by atoms with Gasteiger partial charge in [0.25, 0.3) is 0 Å². The number of halogens is 1. The summed E-state index contributed by atoms with van der Waals surface area (Å²) in [7, 11) is 1.39. The van der Waals surface area contributed by atoms with Crippen molar-refractivity contribution in [1.82, 2.24) is 19.5 Å². The molecule has 0 atom stereocenters. The minimum Gasteiger partial charge on any atom is -0.504 e. The fraction of sp³-hybridized carbons (Fsp3) is 0.353. The van der Waals surface area contributed by atoms with Crippen molar-refractivity contribution in [2.45, 2.75) is 25.9 Å². The first-order valence-electron chi connectivity index (χ1n) is 8.19. The van der Waals surface area contributed by atoms with E-state index in [-0.39, 0.29) is 23.8 Å². The van der Waals surface area contributed by atoms with Crippen molar-refractivity contribution in [2.75, 3.05) is 18.3 Å². The lowest BCUT2D eigenvalue weighted by molar-refractivity contribution is 0.342. The number of imidazole rings is 1. The van der Waals surface area contributed by atoms with Crippen LogP contribution in [0.1, 0.15) is 18.4 Å². The van der Waals surface area contributed by atoms with Crippen LogP contribution in [0.15, 0.2) is 24.8 Å². The summed E-state index contributed by atoms with van der Waals surface area (Å²) in [5, 5.41) is 23.0. The summed E-state index contributed by atoms with van der Waals surface area (Å²) >= 11 is 5.72. The van der Waals surface area contributed by atoms with Gasteiger partial charge in [-0.3, -0.25) is 0 Å². The molecule has 0 aliphatic carbocycles. The summed E-state index contributed by atoms with van der Waals surface area (Å²) in [5.74, 6) is 1.01. The maximum absolute atomic E-state index is 10.2. The van der Waals surface area contributed by atoms with E-state index in [1.54, 1.807) is 12.4 Å². The zero-order chi connectivity index (χ0) is 18.5. The molecular formula is C17H20ClN5O3. The molecule has 8 nitrogen and oxygen atoms in total. The van der Waals surface area contributed by atoms with Crippen LogP contribution < -0.4 is 10.1 Å². The molecule has 0 amide bonds. The number of nitrogens with zero attached hydrogens (tertiary/aromatic N) is 4. The van der Waals surface area contributed by atoms with E-state index in [4.69, 9.17) is 16.3 Å². The van der Waals surface area contributed by atoms with Gasteiger partial charge in [-0.15, -0.1) is 11.6 Å². The van der Waals surface area contributed by atoms with E-state index in [9.17, 15) is 10.2 Å². The Bertz CT molecular complexity index is 899. The van der Waals surface area contributed by atoms with Gasteiger partial charge >= 0.3 is 0 Å². The number of ether oxygens (including phenoxy) is 1. The lowest BCUT2D eigenvalue weighted by atomic mass is 10.1. The van der Waals surface area contributed by atoms with E-state index in [1.807, 2.05) is 4.57 Å². The highest BCUT2D eigenvalue weighted by Crippen LogP contribution is 2.38. The number of alkyl halides is 1. The Morgan fingerprint density at radius 2 is 2.04 bits per heavy atom. The van der Waals surface area contributed by atoms with Gasteiger partial charge in [-0.05, 0) is 25.0 Å². The highest BCUT2D eigenvalue weighted by molar-refractivity contribution is 6.17. The molecule has 0 aliphatic heterocycles. The van der Waals surface area contributed by atoms with Crippen LogP contribution in [0.5, 0.6) is 17.2 Å². The number of methoxy groups -OCH3 is 1. The molecule has 9 heteroatoms. The molecule has 3 aromatic rings. The highest BCUT2D eigenvalue weighted by atomic mass is 35.5. The zero-order valence-electron chi connectivity index (χ0n) is 14.3. The van der Waals surface area contributed by atoms with E-state index < -0.39 is 0 Å². The second kappa shape index (κ2) is 8.09. The van der Waals surface area contributed by atoms with Gasteiger partial charge in [0.05, 0.1) is 13.4 Å². The molecule has 3 rings (SSSR count). The molecular weight excluding hydrogens is 358 g/mol. The smallest absolute Gasteiger partial charge is 0.203 e. The number of hydrogen-bond acceptors (Lipinski definition) is 7. The Labute approximate surface area is 155 Å². The van der Waals surface area contributed by atoms with Gasteiger partial charge in [-0.25, -0.2) is 15.0 Å². The molecule has 0 spiro atoms. The van der Waals surface area contributed by atoms with Crippen LogP contribution in [0.2, 0.25) is 0 Å². The van der Waals surface area contributed by atoms with Crippen molar-refractivity contribution in [3.8, 4) is 17.2 Å². The Morgan fingerprint density at radius 1 is 1.19 bits per heavy atom. The predicted molar refractivity (Wildman–Crippen MR) is 98.9 cm³/mol. The van der Waals surface area contributed by atoms with E-state index >= 15 is 0 Å². The molecule has 0 fully saturated rings. The van der Waals surface area contributed by atoms with Crippen LogP contribution in [0.3, 0.4) is 0 Å². The van der Waals surface area contributed by atoms with Gasteiger partial charge in [0.2, 0.25) is 5.75 Å². The van der Waals surface area contributed by atoms with Crippen molar-refractivity contribution < 1.29 is 14.9 Å². The molecule has 0 aliphatic rings. The minimum absolute atomic E-state index is 0.0423. The van der Waals surface area contributed by atoms with Crippen LogP contribution in [0.25, 0.3) is 11.2 Å². The maximum Gasteiger partial charge on any atom is 0.203 e. The number of hydrogen-bond donors (Lipinski definition) is 3. The van der Waals surface area contributed by atoms with E-state index in [1.165, 1.54) is 19.5 Å². The van der Waals surface area contributed by atoms with Crippen LogP contribution in [0.4, 0.5) is 5.82 Å². The van der Waals surface area contributed by atoms with Crippen LogP contribution >= 0.6 is 11.6 Å². The van der Waals surface area contributed by atoms with Crippen LogP contribution in [-0.4, -0.2) is 42.7 Å². The molecule has 138 valence electrons. The predicted octanol–water partition coefficient (Wildman–Crippen LogP) is 2.88. The first-order chi connectivity index (χ1) is 12.7. The molecule has 0 bridgehead atoms. The molecule has 26 heavy (non-hydrogen) atoms. The Hall–Kier alpha value is -2.74. The number of benzene rings is 1. The van der Waals surface area contributed by atoms with Gasteiger partial charge < -0.3 is 24.8 Å². The summed E-state index contributed by atoms with van der Waals surface area (Å²) in [6.07, 6.45) is 5.09. The molecule has 0 unspecified atom stereocenters. The Kier molecular flexibility index (Phi) is 5.62. The maximum atomic E-state index is 10.2. The van der Waals surface area contributed by atoms with Gasteiger partial charge in [0.1, 0.15) is 11.8 Å². The fourth-order valence-electron chi connectivity index (χ4n) is 2.67. The standard InChI is InChI=1S/C17H20ClN5O3/c1-26-15-12(24)5-4-11(14(15)25)8-19-16-13-17(21-9-20-16)23(10-22-13)7-3-2-6-18/h4-5,9-10,24-25H,2-3,6-8H2,1H3,(H,19,20,21). The summed E-state index contributed by atoms with van der Waals surface area (Å²) in [6.45, 7) is 1.07. The number of aryl methyl sites for hydroxylation is 1. The topological polar surface area (TPSA) is 105 Å². The Balaban J connectivity index is 1.80. The molecule has 0 saturated carbocycles. The van der Waals surface area contributed by atoms with Crippen LogP contribution in [0, 0.1) is 0 Å². The number of anilines is 1. The Morgan fingerprint density at radius 3 is 2.81 bits per heavy atom. The van der Waals surface area contributed by atoms with Crippen molar-refractivity contribution in [3.05, 3.63) is 30.4 Å². The normalized spacial score (nSPS) is 11.0. The van der Waals surface area contributed by atoms with Crippen LogP contribution in [-0.2, 0) is 13.1 Å².